The van der Waals surface area contributed by atoms with Crippen LogP contribution in [-0.2, 0) is 17.8 Å². The Labute approximate surface area is 157 Å². The molecule has 0 aliphatic carbocycles. The zero-order valence-electron chi connectivity index (χ0n) is 15.6. The van der Waals surface area contributed by atoms with Crippen LogP contribution in [0, 0.1) is 0 Å². The molecule has 0 aliphatic heterocycles. The summed E-state index contributed by atoms with van der Waals surface area (Å²) in [5.41, 5.74) is 1.65. The van der Waals surface area contributed by atoms with Crippen LogP contribution in [0.15, 0.2) is 36.4 Å². The lowest BCUT2D eigenvalue weighted by atomic mass is 10.0. The van der Waals surface area contributed by atoms with E-state index in [-0.39, 0.29) is 24.4 Å². The predicted octanol–water partition coefficient (Wildman–Crippen LogP) is 2.66. The molecule has 2 aromatic carbocycles. The Morgan fingerprint density at radius 1 is 1.00 bits per heavy atom. The number of aromatic carboxylic acids is 1. The third-order valence-corrected chi connectivity index (χ3v) is 4.08. The Morgan fingerprint density at radius 3 is 2.19 bits per heavy atom. The molecule has 0 atom stereocenters. The predicted molar refractivity (Wildman–Crippen MR) is 99.7 cm³/mol. The number of carbonyl (C=O) groups is 2. The van der Waals surface area contributed by atoms with Gasteiger partial charge in [0.1, 0.15) is 0 Å². The van der Waals surface area contributed by atoms with Crippen molar-refractivity contribution in [3.8, 4) is 17.2 Å². The van der Waals surface area contributed by atoms with Crippen molar-refractivity contribution >= 4 is 11.9 Å². The zero-order valence-corrected chi connectivity index (χ0v) is 15.6. The summed E-state index contributed by atoms with van der Waals surface area (Å²) in [6.07, 6.45) is 0.540. The quantitative estimate of drug-likeness (QED) is 0.702. The highest BCUT2D eigenvalue weighted by Gasteiger charge is 2.14. The first kappa shape index (κ1) is 20.1. The highest BCUT2D eigenvalue weighted by molar-refractivity contribution is 5.89. The molecule has 2 N–H and O–H groups in total. The van der Waals surface area contributed by atoms with Crippen molar-refractivity contribution in [2.45, 2.75) is 19.4 Å². The minimum atomic E-state index is -0.997. The average Bonchev–Trinajstić information content (AvgIpc) is 2.69. The van der Waals surface area contributed by atoms with Crippen LogP contribution in [0.4, 0.5) is 0 Å². The van der Waals surface area contributed by atoms with Crippen molar-refractivity contribution in [2.75, 3.05) is 21.3 Å². The number of hydrogen-bond acceptors (Lipinski definition) is 5. The lowest BCUT2D eigenvalue weighted by Crippen LogP contribution is -2.23. The molecule has 27 heavy (non-hydrogen) atoms. The molecule has 1 amide bonds. The summed E-state index contributed by atoms with van der Waals surface area (Å²) in [4.78, 5) is 23.4. The van der Waals surface area contributed by atoms with E-state index in [4.69, 9.17) is 14.2 Å². The van der Waals surface area contributed by atoms with Gasteiger partial charge in [0, 0.05) is 13.0 Å². The van der Waals surface area contributed by atoms with Gasteiger partial charge in [0.25, 0.3) is 0 Å². The number of rotatable bonds is 9. The molecule has 7 heteroatoms. The SMILES string of the molecule is COc1cc(CNC(=O)CCc2ccccc2C(=O)O)cc(OC)c1OC. The molecule has 0 saturated heterocycles. The van der Waals surface area contributed by atoms with E-state index in [1.54, 1.807) is 30.3 Å². The normalized spacial score (nSPS) is 10.2. The lowest BCUT2D eigenvalue weighted by molar-refractivity contribution is -0.121. The number of hydrogen-bond donors (Lipinski definition) is 2. The summed E-state index contributed by atoms with van der Waals surface area (Å²) in [6.45, 7) is 0.288. The molecule has 0 heterocycles. The Kier molecular flexibility index (Phi) is 7.05. The number of benzene rings is 2. The molecule has 2 rings (SSSR count). The van der Waals surface area contributed by atoms with Crippen LogP contribution in [0.5, 0.6) is 17.2 Å². The van der Waals surface area contributed by atoms with Gasteiger partial charge in [-0.05, 0) is 35.7 Å². The molecule has 0 spiro atoms. The number of carboxylic acids is 1. The van der Waals surface area contributed by atoms with Crippen LogP contribution < -0.4 is 19.5 Å². The van der Waals surface area contributed by atoms with Crippen LogP contribution in [0.1, 0.15) is 27.9 Å². The van der Waals surface area contributed by atoms with Crippen molar-refractivity contribution in [3.63, 3.8) is 0 Å². The first-order chi connectivity index (χ1) is 13.0. The van der Waals surface area contributed by atoms with Gasteiger partial charge in [0.15, 0.2) is 11.5 Å². The Balaban J connectivity index is 1.99. The van der Waals surface area contributed by atoms with Gasteiger partial charge in [-0.15, -0.1) is 0 Å². The third-order valence-electron chi connectivity index (χ3n) is 4.08. The summed E-state index contributed by atoms with van der Waals surface area (Å²) in [5, 5.41) is 12.0. The zero-order chi connectivity index (χ0) is 19.8. The van der Waals surface area contributed by atoms with Gasteiger partial charge in [0.2, 0.25) is 11.7 Å². The van der Waals surface area contributed by atoms with E-state index >= 15 is 0 Å². The molecule has 0 radical (unpaired) electrons. The summed E-state index contributed by atoms with van der Waals surface area (Å²) in [6, 6.07) is 10.2. The molecule has 0 unspecified atom stereocenters. The van der Waals surface area contributed by atoms with E-state index in [0.717, 1.165) is 5.56 Å². The maximum absolute atomic E-state index is 12.2. The third kappa shape index (κ3) is 5.13. The lowest BCUT2D eigenvalue weighted by Gasteiger charge is -2.14. The van der Waals surface area contributed by atoms with Crippen LogP contribution in [0.2, 0.25) is 0 Å². The van der Waals surface area contributed by atoms with E-state index in [1.165, 1.54) is 27.4 Å². The summed E-state index contributed by atoms with van der Waals surface area (Å²) in [5.74, 6) is 0.334. The Hall–Kier alpha value is -3.22. The van der Waals surface area contributed by atoms with E-state index in [1.807, 2.05) is 0 Å². The number of ether oxygens (including phenoxy) is 3. The maximum atomic E-state index is 12.2. The molecule has 0 aromatic heterocycles. The smallest absolute Gasteiger partial charge is 0.335 e. The van der Waals surface area contributed by atoms with Gasteiger partial charge in [-0.1, -0.05) is 18.2 Å². The molecule has 0 bridgehead atoms. The number of carbonyl (C=O) groups excluding carboxylic acids is 1. The van der Waals surface area contributed by atoms with E-state index in [0.29, 0.717) is 29.2 Å². The fraction of sp³-hybridized carbons (Fsp3) is 0.300. The van der Waals surface area contributed by atoms with Crippen molar-refractivity contribution in [1.82, 2.24) is 5.32 Å². The first-order valence-corrected chi connectivity index (χ1v) is 8.37. The van der Waals surface area contributed by atoms with Gasteiger partial charge < -0.3 is 24.6 Å². The van der Waals surface area contributed by atoms with Crippen molar-refractivity contribution in [2.24, 2.45) is 0 Å². The molecule has 144 valence electrons. The molecular weight excluding hydrogens is 350 g/mol. The van der Waals surface area contributed by atoms with Crippen molar-refractivity contribution < 1.29 is 28.9 Å². The van der Waals surface area contributed by atoms with E-state index < -0.39 is 5.97 Å². The number of carboxylic acid groups (broad SMARTS) is 1. The van der Waals surface area contributed by atoms with Gasteiger partial charge in [-0.25, -0.2) is 4.79 Å². The standard InChI is InChI=1S/C20H23NO6/c1-25-16-10-13(11-17(26-2)19(16)27-3)12-21-18(22)9-8-14-6-4-5-7-15(14)20(23)24/h4-7,10-11H,8-9,12H2,1-3H3,(H,21,22)(H,23,24). The first-order valence-electron chi connectivity index (χ1n) is 8.37. The fourth-order valence-electron chi connectivity index (χ4n) is 2.72. The van der Waals surface area contributed by atoms with Gasteiger partial charge in [0.05, 0.1) is 26.9 Å². The molecular formula is C20H23NO6. The summed E-state index contributed by atoms with van der Waals surface area (Å²) < 4.78 is 15.9. The van der Waals surface area contributed by atoms with Crippen LogP contribution in [0.3, 0.4) is 0 Å². The van der Waals surface area contributed by atoms with Gasteiger partial charge >= 0.3 is 5.97 Å². The minimum Gasteiger partial charge on any atom is -0.493 e. The second-order valence-corrected chi connectivity index (χ2v) is 5.77. The molecule has 0 aliphatic rings. The van der Waals surface area contributed by atoms with Crippen LogP contribution in [0.25, 0.3) is 0 Å². The van der Waals surface area contributed by atoms with Gasteiger partial charge in [-0.2, -0.15) is 0 Å². The topological polar surface area (TPSA) is 94.1 Å². The average molecular weight is 373 g/mol. The highest BCUT2D eigenvalue weighted by atomic mass is 16.5. The van der Waals surface area contributed by atoms with Crippen molar-refractivity contribution in [1.29, 1.82) is 0 Å². The van der Waals surface area contributed by atoms with Crippen molar-refractivity contribution in [3.05, 3.63) is 53.1 Å². The second kappa shape index (κ2) is 9.47. The molecule has 2 aromatic rings. The van der Waals surface area contributed by atoms with Gasteiger partial charge in [-0.3, -0.25) is 4.79 Å². The number of methoxy groups -OCH3 is 3. The molecule has 0 saturated carbocycles. The monoisotopic (exact) mass is 373 g/mol. The summed E-state index contributed by atoms with van der Waals surface area (Å²) >= 11 is 0. The van der Waals surface area contributed by atoms with E-state index in [9.17, 15) is 14.7 Å². The van der Waals surface area contributed by atoms with Crippen LogP contribution >= 0.6 is 0 Å². The molecule has 0 fully saturated rings. The van der Waals surface area contributed by atoms with Crippen LogP contribution in [-0.4, -0.2) is 38.3 Å². The largest absolute Gasteiger partial charge is 0.493 e. The number of aryl methyl sites for hydroxylation is 1. The number of nitrogens with one attached hydrogen (secondary N) is 1. The number of amides is 1. The van der Waals surface area contributed by atoms with E-state index in [2.05, 4.69) is 5.32 Å². The Morgan fingerprint density at radius 2 is 1.63 bits per heavy atom. The second-order valence-electron chi connectivity index (χ2n) is 5.77. The fourth-order valence-corrected chi connectivity index (χ4v) is 2.72. The maximum Gasteiger partial charge on any atom is 0.335 e. The summed E-state index contributed by atoms with van der Waals surface area (Å²) in [7, 11) is 4.58. The highest BCUT2D eigenvalue weighted by Crippen LogP contribution is 2.38. The minimum absolute atomic E-state index is 0.177. The molecule has 7 nitrogen and oxygen atoms in total. The Bertz CT molecular complexity index is 793.